The zero-order valence-corrected chi connectivity index (χ0v) is 10.5. The molecule has 4 N–H and O–H groups in total. The molecule has 0 aliphatic heterocycles. The summed E-state index contributed by atoms with van der Waals surface area (Å²) in [4.78, 5) is 0. The van der Waals surface area contributed by atoms with Crippen LogP contribution in [0.4, 0.5) is 11.6 Å². The van der Waals surface area contributed by atoms with Crippen LogP contribution in [0.2, 0.25) is 0 Å². The average molecular weight is 292 g/mol. The normalized spacial score (nSPS) is 10.1. The van der Waals surface area contributed by atoms with Gasteiger partial charge in [-0.2, -0.15) is 10.4 Å². The van der Waals surface area contributed by atoms with Crippen LogP contribution in [0.15, 0.2) is 28.7 Å². The lowest BCUT2D eigenvalue weighted by molar-refractivity contribution is 0.700. The minimum Gasteiger partial charge on any atom is -0.383 e. The predicted octanol–water partition coefficient (Wildman–Crippen LogP) is 1.73. The Bertz CT molecular complexity index is 579. The fraction of sp³-hybridized carbons (Fsp3) is 0.0909. The third kappa shape index (κ3) is 2.24. The van der Waals surface area contributed by atoms with Gasteiger partial charge in [-0.25, -0.2) is 4.68 Å². The second-order valence-corrected chi connectivity index (χ2v) is 4.46. The van der Waals surface area contributed by atoms with Crippen molar-refractivity contribution in [2.75, 3.05) is 11.5 Å². The van der Waals surface area contributed by atoms with E-state index in [9.17, 15) is 0 Å². The van der Waals surface area contributed by atoms with Crippen molar-refractivity contribution in [3.8, 4) is 6.07 Å². The Labute approximate surface area is 107 Å². The van der Waals surface area contributed by atoms with Crippen LogP contribution in [-0.2, 0) is 6.54 Å². The molecule has 0 fully saturated rings. The number of rotatable bonds is 2. The summed E-state index contributed by atoms with van der Waals surface area (Å²) in [5, 5.41) is 12.9. The lowest BCUT2D eigenvalue weighted by atomic mass is 10.2. The van der Waals surface area contributed by atoms with Crippen LogP contribution in [0.25, 0.3) is 0 Å². The summed E-state index contributed by atoms with van der Waals surface area (Å²) >= 11 is 3.36. The smallest absolute Gasteiger partial charge is 0.165 e. The molecule has 2 aromatic rings. The van der Waals surface area contributed by atoms with Crippen LogP contribution in [-0.4, -0.2) is 9.78 Å². The van der Waals surface area contributed by atoms with Crippen molar-refractivity contribution in [2.24, 2.45) is 0 Å². The van der Waals surface area contributed by atoms with E-state index in [4.69, 9.17) is 16.7 Å². The van der Waals surface area contributed by atoms with Crippen LogP contribution < -0.4 is 11.5 Å². The van der Waals surface area contributed by atoms with Crippen LogP contribution >= 0.6 is 15.9 Å². The average Bonchev–Trinajstić information content (AvgIpc) is 2.57. The first kappa shape index (κ1) is 11.5. The van der Waals surface area contributed by atoms with Gasteiger partial charge in [0.15, 0.2) is 5.82 Å². The Morgan fingerprint density at radius 2 is 1.94 bits per heavy atom. The lowest BCUT2D eigenvalue weighted by Gasteiger charge is -2.04. The number of halogens is 1. The van der Waals surface area contributed by atoms with Crippen molar-refractivity contribution in [1.82, 2.24) is 9.78 Å². The highest BCUT2D eigenvalue weighted by molar-refractivity contribution is 9.10. The molecule has 0 amide bonds. The van der Waals surface area contributed by atoms with Crippen LogP contribution in [0.3, 0.4) is 0 Å². The summed E-state index contributed by atoms with van der Waals surface area (Å²) in [5.74, 6) is 0.468. The molecule has 0 aliphatic rings. The van der Waals surface area contributed by atoms with Crippen molar-refractivity contribution >= 4 is 27.6 Å². The maximum Gasteiger partial charge on any atom is 0.165 e. The first-order chi connectivity index (χ1) is 8.11. The summed E-state index contributed by atoms with van der Waals surface area (Å²) in [7, 11) is 0. The van der Waals surface area contributed by atoms with Crippen molar-refractivity contribution in [2.45, 2.75) is 6.54 Å². The molecular formula is C11H10BrN5. The third-order valence-corrected chi connectivity index (χ3v) is 2.90. The Morgan fingerprint density at radius 3 is 2.47 bits per heavy atom. The molecule has 0 saturated heterocycles. The zero-order chi connectivity index (χ0) is 12.4. The molecule has 17 heavy (non-hydrogen) atoms. The Hall–Kier alpha value is -2.00. The topological polar surface area (TPSA) is 93.6 Å². The minimum atomic E-state index is 0.169. The molecule has 5 nitrogen and oxygen atoms in total. The Morgan fingerprint density at radius 1 is 1.29 bits per heavy atom. The van der Waals surface area contributed by atoms with Crippen LogP contribution in [0, 0.1) is 11.3 Å². The number of nitrogens with two attached hydrogens (primary N) is 2. The van der Waals surface area contributed by atoms with E-state index < -0.39 is 0 Å². The van der Waals surface area contributed by atoms with Gasteiger partial charge in [0, 0.05) is 4.47 Å². The first-order valence-corrected chi connectivity index (χ1v) is 5.67. The van der Waals surface area contributed by atoms with E-state index in [-0.39, 0.29) is 11.4 Å². The zero-order valence-electron chi connectivity index (χ0n) is 8.89. The lowest BCUT2D eigenvalue weighted by Crippen LogP contribution is -2.06. The minimum absolute atomic E-state index is 0.169. The highest BCUT2D eigenvalue weighted by atomic mass is 79.9. The maximum absolute atomic E-state index is 8.85. The summed E-state index contributed by atoms with van der Waals surface area (Å²) in [6, 6.07) is 9.71. The Kier molecular flexibility index (Phi) is 3.02. The van der Waals surface area contributed by atoms with Gasteiger partial charge in [0.2, 0.25) is 0 Å². The molecule has 2 rings (SSSR count). The molecule has 6 heteroatoms. The van der Waals surface area contributed by atoms with Crippen molar-refractivity contribution < 1.29 is 0 Å². The van der Waals surface area contributed by atoms with Gasteiger partial charge in [-0.3, -0.25) is 0 Å². The molecule has 1 aromatic carbocycles. The van der Waals surface area contributed by atoms with Crippen molar-refractivity contribution in [3.63, 3.8) is 0 Å². The van der Waals surface area contributed by atoms with Crippen LogP contribution in [0.5, 0.6) is 0 Å². The molecule has 0 spiro atoms. The van der Waals surface area contributed by atoms with Gasteiger partial charge in [-0.1, -0.05) is 28.1 Å². The molecule has 0 aliphatic carbocycles. The van der Waals surface area contributed by atoms with Gasteiger partial charge in [-0.05, 0) is 17.7 Å². The number of hydrogen-bond donors (Lipinski definition) is 2. The van der Waals surface area contributed by atoms with Gasteiger partial charge < -0.3 is 11.5 Å². The molecule has 0 saturated carbocycles. The third-order valence-electron chi connectivity index (χ3n) is 2.38. The summed E-state index contributed by atoms with van der Waals surface area (Å²) in [5.41, 5.74) is 12.6. The molecule has 0 atom stereocenters. The van der Waals surface area contributed by atoms with Crippen molar-refractivity contribution in [1.29, 1.82) is 5.26 Å². The van der Waals surface area contributed by atoms with E-state index in [1.165, 1.54) is 4.68 Å². The quantitative estimate of drug-likeness (QED) is 0.881. The maximum atomic E-state index is 8.85. The number of anilines is 2. The summed E-state index contributed by atoms with van der Waals surface area (Å²) in [6.45, 7) is 0.491. The second-order valence-electron chi connectivity index (χ2n) is 3.54. The van der Waals surface area contributed by atoms with Gasteiger partial charge in [-0.15, -0.1) is 0 Å². The SMILES string of the molecule is N#Cc1c(N)nn(Cc2ccc(Br)cc2)c1N. The predicted molar refractivity (Wildman–Crippen MR) is 69.0 cm³/mol. The van der Waals surface area contributed by atoms with Crippen LogP contribution in [0.1, 0.15) is 11.1 Å². The molecule has 0 unspecified atom stereocenters. The fourth-order valence-corrected chi connectivity index (χ4v) is 1.76. The highest BCUT2D eigenvalue weighted by Gasteiger charge is 2.12. The molecular weight excluding hydrogens is 282 g/mol. The largest absolute Gasteiger partial charge is 0.383 e. The summed E-state index contributed by atoms with van der Waals surface area (Å²) < 4.78 is 2.53. The number of benzene rings is 1. The highest BCUT2D eigenvalue weighted by Crippen LogP contribution is 2.19. The molecule has 86 valence electrons. The van der Waals surface area contributed by atoms with Crippen molar-refractivity contribution in [3.05, 3.63) is 39.9 Å². The van der Waals surface area contributed by atoms with E-state index in [0.29, 0.717) is 12.4 Å². The standard InChI is InChI=1S/C11H10BrN5/c12-8-3-1-7(2-4-8)6-17-11(15)9(5-13)10(14)16-17/h1-4H,6,15H2,(H2,14,16). The second kappa shape index (κ2) is 4.47. The fourth-order valence-electron chi connectivity index (χ4n) is 1.49. The van der Waals surface area contributed by atoms with E-state index in [0.717, 1.165) is 10.0 Å². The molecule has 0 bridgehead atoms. The number of nitrogens with zero attached hydrogens (tertiary/aromatic N) is 3. The van der Waals surface area contributed by atoms with Gasteiger partial charge in [0.1, 0.15) is 17.5 Å². The molecule has 1 aromatic heterocycles. The first-order valence-electron chi connectivity index (χ1n) is 4.88. The molecule has 1 heterocycles. The monoisotopic (exact) mass is 291 g/mol. The Balaban J connectivity index is 2.31. The van der Waals surface area contributed by atoms with E-state index in [1.807, 2.05) is 30.3 Å². The van der Waals surface area contributed by atoms with E-state index in [2.05, 4.69) is 21.0 Å². The number of nitrogen functional groups attached to an aromatic ring is 2. The number of aromatic nitrogens is 2. The van der Waals surface area contributed by atoms with Gasteiger partial charge >= 0.3 is 0 Å². The van der Waals surface area contributed by atoms with Gasteiger partial charge in [0.05, 0.1) is 6.54 Å². The molecule has 0 radical (unpaired) electrons. The summed E-state index contributed by atoms with van der Waals surface area (Å²) in [6.07, 6.45) is 0. The van der Waals surface area contributed by atoms with Gasteiger partial charge in [0.25, 0.3) is 0 Å². The number of hydrogen-bond acceptors (Lipinski definition) is 4. The van der Waals surface area contributed by atoms with E-state index in [1.54, 1.807) is 0 Å². The number of nitriles is 1. The van der Waals surface area contributed by atoms with E-state index >= 15 is 0 Å².